The van der Waals surface area contributed by atoms with Gasteiger partial charge in [-0.25, -0.2) is 4.79 Å². The molecule has 0 bridgehead atoms. The summed E-state index contributed by atoms with van der Waals surface area (Å²) in [7, 11) is 0. The SMILES string of the molecule is O=C(O)C1CCCN1C(=O)CC1=CCCCC1. The van der Waals surface area contributed by atoms with Gasteiger partial charge in [0.2, 0.25) is 5.91 Å². The number of carbonyl (C=O) groups excluding carboxylic acids is 1. The van der Waals surface area contributed by atoms with Crippen LogP contribution in [0.25, 0.3) is 0 Å². The first-order chi connectivity index (χ1) is 8.18. The molecule has 4 heteroatoms. The Morgan fingerprint density at radius 2 is 2.18 bits per heavy atom. The molecule has 1 heterocycles. The molecule has 1 amide bonds. The van der Waals surface area contributed by atoms with Gasteiger partial charge in [-0.15, -0.1) is 0 Å². The maximum Gasteiger partial charge on any atom is 0.326 e. The molecular weight excluding hydrogens is 218 g/mol. The fourth-order valence-electron chi connectivity index (χ4n) is 2.68. The molecule has 17 heavy (non-hydrogen) atoms. The lowest BCUT2D eigenvalue weighted by Gasteiger charge is -2.22. The quantitative estimate of drug-likeness (QED) is 0.763. The first kappa shape index (κ1) is 12.1. The summed E-state index contributed by atoms with van der Waals surface area (Å²) in [5.41, 5.74) is 1.19. The highest BCUT2D eigenvalue weighted by Crippen LogP contribution is 2.24. The molecule has 0 aromatic carbocycles. The summed E-state index contributed by atoms with van der Waals surface area (Å²) in [4.78, 5) is 24.6. The Bertz CT molecular complexity index is 349. The van der Waals surface area contributed by atoms with Crippen molar-refractivity contribution in [3.8, 4) is 0 Å². The number of allylic oxidation sites excluding steroid dienone is 1. The monoisotopic (exact) mass is 237 g/mol. The van der Waals surface area contributed by atoms with Crippen molar-refractivity contribution in [1.29, 1.82) is 0 Å². The van der Waals surface area contributed by atoms with Gasteiger partial charge in [0.05, 0.1) is 0 Å². The Balaban J connectivity index is 1.95. The van der Waals surface area contributed by atoms with Gasteiger partial charge in [0.25, 0.3) is 0 Å². The van der Waals surface area contributed by atoms with Crippen LogP contribution in [-0.2, 0) is 9.59 Å². The van der Waals surface area contributed by atoms with Gasteiger partial charge in [-0.3, -0.25) is 4.79 Å². The van der Waals surface area contributed by atoms with E-state index in [1.807, 2.05) is 0 Å². The third-order valence-electron chi connectivity index (χ3n) is 3.62. The van der Waals surface area contributed by atoms with Gasteiger partial charge < -0.3 is 10.0 Å². The second-order valence-electron chi connectivity index (χ2n) is 4.87. The molecule has 1 unspecified atom stereocenters. The predicted octanol–water partition coefficient (Wildman–Crippen LogP) is 1.95. The number of carbonyl (C=O) groups is 2. The Morgan fingerprint density at radius 1 is 1.35 bits per heavy atom. The maximum absolute atomic E-state index is 12.1. The lowest BCUT2D eigenvalue weighted by molar-refractivity contribution is -0.148. The van der Waals surface area contributed by atoms with E-state index in [1.165, 1.54) is 16.9 Å². The van der Waals surface area contributed by atoms with Crippen LogP contribution >= 0.6 is 0 Å². The first-order valence-electron chi connectivity index (χ1n) is 6.38. The summed E-state index contributed by atoms with van der Waals surface area (Å²) in [6.07, 6.45) is 8.39. The Morgan fingerprint density at radius 3 is 2.82 bits per heavy atom. The van der Waals surface area contributed by atoms with Crippen molar-refractivity contribution in [3.63, 3.8) is 0 Å². The van der Waals surface area contributed by atoms with E-state index < -0.39 is 12.0 Å². The molecule has 0 saturated carbocycles. The second-order valence-corrected chi connectivity index (χ2v) is 4.87. The summed E-state index contributed by atoms with van der Waals surface area (Å²) in [6, 6.07) is -0.591. The zero-order valence-corrected chi connectivity index (χ0v) is 10.0. The van der Waals surface area contributed by atoms with Crippen LogP contribution in [0, 0.1) is 0 Å². The van der Waals surface area contributed by atoms with Crippen molar-refractivity contribution in [1.82, 2.24) is 4.90 Å². The maximum atomic E-state index is 12.1. The molecule has 2 rings (SSSR count). The number of likely N-dealkylation sites (tertiary alicyclic amines) is 1. The minimum absolute atomic E-state index is 0.0111. The molecule has 1 N–H and O–H groups in total. The number of carboxylic acid groups (broad SMARTS) is 1. The van der Waals surface area contributed by atoms with Gasteiger partial charge in [0, 0.05) is 13.0 Å². The molecule has 1 aliphatic carbocycles. The third kappa shape index (κ3) is 2.87. The fourth-order valence-corrected chi connectivity index (χ4v) is 2.68. The Labute approximate surface area is 101 Å². The van der Waals surface area contributed by atoms with E-state index in [0.29, 0.717) is 19.4 Å². The second kappa shape index (κ2) is 5.34. The minimum Gasteiger partial charge on any atom is -0.480 e. The van der Waals surface area contributed by atoms with E-state index in [2.05, 4.69) is 6.08 Å². The molecule has 94 valence electrons. The van der Waals surface area contributed by atoms with Crippen molar-refractivity contribution in [2.75, 3.05) is 6.54 Å². The minimum atomic E-state index is -0.867. The van der Waals surface area contributed by atoms with Gasteiger partial charge in [0.15, 0.2) is 0 Å². The average molecular weight is 237 g/mol. The number of rotatable bonds is 3. The Kier molecular flexibility index (Phi) is 3.82. The predicted molar refractivity (Wildman–Crippen MR) is 63.5 cm³/mol. The molecule has 4 nitrogen and oxygen atoms in total. The van der Waals surface area contributed by atoms with E-state index in [-0.39, 0.29) is 5.91 Å². The van der Waals surface area contributed by atoms with Crippen LogP contribution in [0.4, 0.5) is 0 Å². The largest absolute Gasteiger partial charge is 0.480 e. The van der Waals surface area contributed by atoms with Gasteiger partial charge in [-0.2, -0.15) is 0 Å². The van der Waals surface area contributed by atoms with Crippen molar-refractivity contribution in [2.45, 2.75) is 51.0 Å². The highest BCUT2D eigenvalue weighted by atomic mass is 16.4. The normalized spacial score (nSPS) is 24.6. The molecule has 1 atom stereocenters. The van der Waals surface area contributed by atoms with Crippen molar-refractivity contribution in [3.05, 3.63) is 11.6 Å². The van der Waals surface area contributed by atoms with Gasteiger partial charge in [-0.05, 0) is 38.5 Å². The Hall–Kier alpha value is -1.32. The van der Waals surface area contributed by atoms with Crippen LogP contribution in [0.5, 0.6) is 0 Å². The van der Waals surface area contributed by atoms with Crippen molar-refractivity contribution in [2.24, 2.45) is 0 Å². The smallest absolute Gasteiger partial charge is 0.326 e. The molecule has 0 radical (unpaired) electrons. The van der Waals surface area contributed by atoms with Crippen molar-refractivity contribution < 1.29 is 14.7 Å². The van der Waals surface area contributed by atoms with E-state index >= 15 is 0 Å². The highest BCUT2D eigenvalue weighted by molar-refractivity contribution is 5.85. The first-order valence-corrected chi connectivity index (χ1v) is 6.38. The lowest BCUT2D eigenvalue weighted by Crippen LogP contribution is -2.40. The summed E-state index contributed by atoms with van der Waals surface area (Å²) < 4.78 is 0. The van der Waals surface area contributed by atoms with Crippen LogP contribution in [0.3, 0.4) is 0 Å². The number of hydrogen-bond donors (Lipinski definition) is 1. The third-order valence-corrected chi connectivity index (χ3v) is 3.62. The van der Waals surface area contributed by atoms with E-state index in [9.17, 15) is 9.59 Å². The summed E-state index contributed by atoms with van der Waals surface area (Å²) >= 11 is 0. The van der Waals surface area contributed by atoms with Gasteiger partial charge in [0.1, 0.15) is 6.04 Å². The molecular formula is C13H19NO3. The van der Waals surface area contributed by atoms with E-state index in [1.54, 1.807) is 0 Å². The molecule has 0 aromatic rings. The fraction of sp³-hybridized carbons (Fsp3) is 0.692. The number of hydrogen-bond acceptors (Lipinski definition) is 2. The van der Waals surface area contributed by atoms with Crippen LogP contribution in [0.1, 0.15) is 44.9 Å². The average Bonchev–Trinajstić information content (AvgIpc) is 2.79. The van der Waals surface area contributed by atoms with Crippen LogP contribution in [-0.4, -0.2) is 34.5 Å². The lowest BCUT2D eigenvalue weighted by atomic mass is 9.97. The van der Waals surface area contributed by atoms with Crippen LogP contribution in [0.2, 0.25) is 0 Å². The molecule has 0 spiro atoms. The molecule has 2 aliphatic rings. The molecule has 1 aliphatic heterocycles. The van der Waals surface area contributed by atoms with Gasteiger partial charge in [-0.1, -0.05) is 11.6 Å². The zero-order valence-electron chi connectivity index (χ0n) is 10.0. The summed E-state index contributed by atoms with van der Waals surface area (Å²) in [5.74, 6) is -0.878. The standard InChI is InChI=1S/C13H19NO3/c15-12(9-10-5-2-1-3-6-10)14-8-4-7-11(14)13(16)17/h5,11H,1-4,6-9H2,(H,16,17). The van der Waals surface area contributed by atoms with Crippen molar-refractivity contribution >= 4 is 11.9 Å². The number of carboxylic acids is 1. The number of aliphatic carboxylic acids is 1. The topological polar surface area (TPSA) is 57.6 Å². The highest BCUT2D eigenvalue weighted by Gasteiger charge is 2.33. The van der Waals surface area contributed by atoms with Gasteiger partial charge >= 0.3 is 5.97 Å². The van der Waals surface area contributed by atoms with Crippen LogP contribution < -0.4 is 0 Å². The van der Waals surface area contributed by atoms with Crippen LogP contribution in [0.15, 0.2) is 11.6 Å². The number of amides is 1. The van der Waals surface area contributed by atoms with E-state index in [4.69, 9.17) is 5.11 Å². The number of nitrogens with zero attached hydrogens (tertiary/aromatic N) is 1. The summed E-state index contributed by atoms with van der Waals surface area (Å²) in [6.45, 7) is 0.600. The molecule has 1 saturated heterocycles. The molecule has 1 fully saturated rings. The summed E-state index contributed by atoms with van der Waals surface area (Å²) in [5, 5.41) is 9.03. The van der Waals surface area contributed by atoms with E-state index in [0.717, 1.165) is 25.7 Å². The zero-order chi connectivity index (χ0) is 12.3. The molecule has 0 aromatic heterocycles.